The zero-order chi connectivity index (χ0) is 24.3. The van der Waals surface area contributed by atoms with E-state index >= 15 is 0 Å². The molecule has 0 amide bonds. The number of fused-ring (bicyclic) bond motifs is 12. The second kappa shape index (κ2) is 11.7. The van der Waals surface area contributed by atoms with E-state index < -0.39 is 17.6 Å². The Balaban J connectivity index is 1.28. The average Bonchev–Trinajstić information content (AvgIpc) is 2.65. The predicted molar refractivity (Wildman–Crippen MR) is 136 cm³/mol. The Bertz CT molecular complexity index is 535. The minimum Gasteiger partial charge on any atom is -0.369 e. The van der Waals surface area contributed by atoms with Crippen molar-refractivity contribution in [2.24, 2.45) is 0 Å². The van der Waals surface area contributed by atoms with Crippen LogP contribution in [0.1, 0.15) is 67.2 Å². The van der Waals surface area contributed by atoms with Gasteiger partial charge >= 0.3 is 17.6 Å². The Morgan fingerprint density at radius 1 is 0.441 bits per heavy atom. The van der Waals surface area contributed by atoms with Crippen LogP contribution in [0.4, 0.5) is 0 Å². The molecule has 8 nitrogen and oxygen atoms in total. The highest BCUT2D eigenvalue weighted by atomic mass is 28.4. The highest BCUT2D eigenvalue weighted by Crippen LogP contribution is 2.32. The van der Waals surface area contributed by atoms with Gasteiger partial charge in [0.25, 0.3) is 0 Å². The zero-order valence-electron chi connectivity index (χ0n) is 22.3. The summed E-state index contributed by atoms with van der Waals surface area (Å²) < 4.78 is 39.0. The van der Waals surface area contributed by atoms with Crippen LogP contribution in [0.5, 0.6) is 0 Å². The Morgan fingerprint density at radius 2 is 0.676 bits per heavy atom. The molecule has 6 heterocycles. The van der Waals surface area contributed by atoms with Gasteiger partial charge in [0.15, 0.2) is 0 Å². The third-order valence-corrected chi connectivity index (χ3v) is 13.6. The molecule has 6 atom stereocenters. The minimum absolute atomic E-state index is 0.156. The van der Waals surface area contributed by atoms with E-state index in [4.69, 9.17) is 26.6 Å². The van der Waals surface area contributed by atoms with E-state index in [9.17, 15) is 0 Å². The number of hydrogen-bond donors (Lipinski definition) is 0. The van der Waals surface area contributed by atoms with E-state index in [2.05, 4.69) is 51.3 Å². The minimum atomic E-state index is -2.67. The van der Waals surface area contributed by atoms with Crippen LogP contribution in [0.3, 0.4) is 0 Å². The molecule has 4 bridgehead atoms. The van der Waals surface area contributed by atoms with Crippen molar-refractivity contribution in [3.05, 3.63) is 0 Å². The van der Waals surface area contributed by atoms with Gasteiger partial charge in [-0.2, -0.15) is 0 Å². The topological polar surface area (TPSA) is 61.9 Å². The zero-order valence-corrected chi connectivity index (χ0v) is 24.3. The second-order valence-corrected chi connectivity index (χ2v) is 16.4. The molecule has 0 aromatic rings. The second-order valence-electron chi connectivity index (χ2n) is 11.3. The average molecular weight is 517 g/mol. The first kappa shape index (κ1) is 27.2. The summed E-state index contributed by atoms with van der Waals surface area (Å²) >= 11 is 0. The Kier molecular flexibility index (Phi) is 9.31. The quantitative estimate of drug-likeness (QED) is 0.376. The largest absolute Gasteiger partial charge is 0.501 e. The van der Waals surface area contributed by atoms with Crippen molar-refractivity contribution in [1.29, 1.82) is 0 Å². The molecule has 10 heteroatoms. The van der Waals surface area contributed by atoms with E-state index in [1.165, 1.54) is 0 Å². The lowest BCUT2D eigenvalue weighted by Gasteiger charge is -2.45. The predicted octanol–water partition coefficient (Wildman–Crippen LogP) is 3.51. The van der Waals surface area contributed by atoms with E-state index in [0.717, 1.165) is 77.0 Å². The summed E-state index contributed by atoms with van der Waals surface area (Å²) in [6.07, 6.45) is 5.34. The maximum Gasteiger partial charge on any atom is 0.501 e. The van der Waals surface area contributed by atoms with Crippen LogP contribution in [0.15, 0.2) is 0 Å². The number of hydrogen-bond acceptors (Lipinski definition) is 8. The summed E-state index contributed by atoms with van der Waals surface area (Å²) in [6.45, 7) is 18.7. The van der Waals surface area contributed by atoms with E-state index in [1.807, 2.05) is 0 Å². The highest BCUT2D eigenvalue weighted by molar-refractivity contribution is 6.61. The van der Waals surface area contributed by atoms with Crippen molar-refractivity contribution in [1.82, 2.24) is 9.80 Å². The monoisotopic (exact) mass is 516 g/mol. The number of nitrogens with zero attached hydrogens (tertiary/aromatic N) is 2. The summed E-state index contributed by atoms with van der Waals surface area (Å²) in [6, 6.07) is 1.80. The molecule has 0 saturated carbocycles. The van der Waals surface area contributed by atoms with Crippen LogP contribution in [-0.2, 0) is 26.6 Å². The first-order valence-corrected chi connectivity index (χ1v) is 17.5. The molecular weight excluding hydrogens is 468 g/mol. The molecule has 6 saturated heterocycles. The fourth-order valence-corrected chi connectivity index (χ4v) is 12.8. The lowest BCUT2D eigenvalue weighted by atomic mass is 10.2. The Morgan fingerprint density at radius 3 is 0.912 bits per heavy atom. The van der Waals surface area contributed by atoms with Crippen molar-refractivity contribution in [2.45, 2.75) is 116 Å². The smallest absolute Gasteiger partial charge is 0.369 e. The van der Waals surface area contributed by atoms with Crippen molar-refractivity contribution in [3.63, 3.8) is 0 Å². The summed E-state index contributed by atoms with van der Waals surface area (Å²) in [7, 11) is -5.34. The molecule has 6 fully saturated rings. The van der Waals surface area contributed by atoms with Gasteiger partial charge in [-0.1, -0.05) is 12.8 Å². The van der Waals surface area contributed by atoms with Gasteiger partial charge in [0, 0.05) is 51.4 Å². The molecule has 6 aliphatic rings. The van der Waals surface area contributed by atoms with Gasteiger partial charge in [-0.15, -0.1) is 0 Å². The summed E-state index contributed by atoms with van der Waals surface area (Å²) in [5.41, 5.74) is 0. The molecule has 198 valence electrons. The first-order chi connectivity index (χ1) is 16.1. The fourth-order valence-electron chi connectivity index (χ4n) is 6.25. The molecule has 0 aliphatic carbocycles. The van der Waals surface area contributed by atoms with Crippen LogP contribution >= 0.6 is 0 Å². The molecule has 34 heavy (non-hydrogen) atoms. The molecule has 0 unspecified atom stereocenters. The summed E-state index contributed by atoms with van der Waals surface area (Å²) in [5.74, 6) is 0. The molecule has 6 aliphatic heterocycles. The lowest BCUT2D eigenvalue weighted by Crippen LogP contribution is -2.61. The number of unbranched alkanes of at least 4 members (excludes halogenated alkanes) is 3. The maximum absolute atomic E-state index is 6.50. The van der Waals surface area contributed by atoms with Crippen LogP contribution in [0.2, 0.25) is 12.1 Å². The van der Waals surface area contributed by atoms with Crippen molar-refractivity contribution in [3.8, 4) is 0 Å². The van der Waals surface area contributed by atoms with Gasteiger partial charge in [-0.3, -0.25) is 9.80 Å². The third-order valence-electron chi connectivity index (χ3n) is 7.09. The lowest BCUT2D eigenvalue weighted by molar-refractivity contribution is -0.0803. The van der Waals surface area contributed by atoms with Crippen LogP contribution in [0.25, 0.3) is 0 Å². The van der Waals surface area contributed by atoms with Gasteiger partial charge in [0.1, 0.15) is 0 Å². The normalized spacial score (nSPS) is 47.8. The Hall–Kier alpha value is 0.114. The van der Waals surface area contributed by atoms with Crippen molar-refractivity contribution >= 4 is 17.6 Å². The summed E-state index contributed by atoms with van der Waals surface area (Å²) in [5, 5.41) is 0. The number of rotatable bonds is 7. The third kappa shape index (κ3) is 7.33. The van der Waals surface area contributed by atoms with Crippen LogP contribution < -0.4 is 0 Å². The van der Waals surface area contributed by atoms with E-state index in [1.54, 1.807) is 0 Å². The Labute approximate surface area is 209 Å². The molecular formula is C24H48N2O6Si2. The maximum atomic E-state index is 6.50. The van der Waals surface area contributed by atoms with E-state index in [-0.39, 0.29) is 36.6 Å². The molecule has 0 aromatic heterocycles. The van der Waals surface area contributed by atoms with Gasteiger partial charge in [-0.05, 0) is 54.4 Å². The SMILES string of the molecule is C[C@@H]1CN2C[C@H](C)O[Si](CCCCCC[Si]34O[C@H](C)CN(C[C@H](C)O3)C[C@H](C)O4)(O1)O[C@@H](C)C2. The molecule has 0 spiro atoms. The standard InChI is InChI=1S/C24H48N2O6Si2/c1-19-13-25-14-20(2)28-33(27-19,29-21(3)15-25)11-9-7-8-10-12-34-30-22(4)16-26(17-23(5)31-34)18-24(6)32-34/h19-24H,7-18H2,1-6H3/t19-,20-,21+,22-,23-,24+/m0/s1. The molecule has 6 rings (SSSR count). The fraction of sp³-hybridized carbons (Fsp3) is 1.00. The highest BCUT2D eigenvalue weighted by Gasteiger charge is 2.50. The van der Waals surface area contributed by atoms with E-state index in [0.29, 0.717) is 0 Å². The molecule has 0 N–H and O–H groups in total. The summed E-state index contributed by atoms with van der Waals surface area (Å²) in [4.78, 5) is 4.83. The van der Waals surface area contributed by atoms with Gasteiger partial charge < -0.3 is 26.6 Å². The van der Waals surface area contributed by atoms with Crippen LogP contribution in [-0.4, -0.2) is 103 Å². The van der Waals surface area contributed by atoms with Gasteiger partial charge in [-0.25, -0.2) is 0 Å². The van der Waals surface area contributed by atoms with Gasteiger partial charge in [0.05, 0.1) is 36.6 Å². The first-order valence-electron chi connectivity index (χ1n) is 13.7. The van der Waals surface area contributed by atoms with Gasteiger partial charge in [0.2, 0.25) is 0 Å². The van der Waals surface area contributed by atoms with Crippen molar-refractivity contribution in [2.75, 3.05) is 39.3 Å². The van der Waals surface area contributed by atoms with Crippen molar-refractivity contribution < 1.29 is 26.6 Å². The molecule has 0 radical (unpaired) electrons. The van der Waals surface area contributed by atoms with Crippen LogP contribution in [0, 0.1) is 0 Å². The molecule has 0 aromatic carbocycles.